The Morgan fingerprint density at radius 2 is 1.40 bits per heavy atom. The number of allylic oxidation sites excluding steroid dienone is 2. The standard InChI is InChI=1S/C28H44O2/c29-27-22-18-24-28(30,25-27)23-17-12-10-8-6-4-2-1-3-5-7-9-11-14-19-26-20-15-13-16-21-26/h7,9,13,15-16,18,20-22,27,29-30H,1-6,8,10-12,14,17,19,23-25H2/b9-7-/t27-,28+/m1/s1. The summed E-state index contributed by atoms with van der Waals surface area (Å²) in [6.45, 7) is 0. The van der Waals surface area contributed by atoms with Crippen molar-refractivity contribution in [3.8, 4) is 0 Å². The number of hydrogen-bond acceptors (Lipinski definition) is 2. The smallest absolute Gasteiger partial charge is 0.0748 e. The highest BCUT2D eigenvalue weighted by molar-refractivity contribution is 5.14. The van der Waals surface area contributed by atoms with E-state index in [0.717, 1.165) is 12.8 Å². The van der Waals surface area contributed by atoms with Gasteiger partial charge in [0, 0.05) is 6.42 Å². The second kappa shape index (κ2) is 15.4. The molecular formula is C28H44O2. The number of benzene rings is 1. The lowest BCUT2D eigenvalue weighted by molar-refractivity contribution is -0.0125. The normalized spacial score (nSPS) is 21.5. The van der Waals surface area contributed by atoms with E-state index in [1.807, 2.05) is 6.08 Å². The van der Waals surface area contributed by atoms with Gasteiger partial charge in [-0.2, -0.15) is 0 Å². The number of aryl methyl sites for hydroxylation is 1. The highest BCUT2D eigenvalue weighted by Crippen LogP contribution is 2.29. The fourth-order valence-electron chi connectivity index (χ4n) is 4.45. The second-order valence-electron chi connectivity index (χ2n) is 9.20. The third-order valence-electron chi connectivity index (χ3n) is 6.30. The minimum absolute atomic E-state index is 0.459. The first-order valence-electron chi connectivity index (χ1n) is 12.4. The maximum Gasteiger partial charge on any atom is 0.0748 e. The summed E-state index contributed by atoms with van der Waals surface area (Å²) in [5.74, 6) is 0. The minimum Gasteiger partial charge on any atom is -0.389 e. The summed E-state index contributed by atoms with van der Waals surface area (Å²) in [7, 11) is 0. The molecule has 2 nitrogen and oxygen atoms in total. The van der Waals surface area contributed by atoms with E-state index >= 15 is 0 Å². The van der Waals surface area contributed by atoms with Crippen LogP contribution in [-0.4, -0.2) is 21.9 Å². The van der Waals surface area contributed by atoms with E-state index in [9.17, 15) is 10.2 Å². The van der Waals surface area contributed by atoms with Crippen LogP contribution in [0.2, 0.25) is 0 Å². The molecule has 0 bridgehead atoms. The fraction of sp³-hybridized carbons (Fsp3) is 0.643. The number of aliphatic hydroxyl groups excluding tert-OH is 1. The van der Waals surface area contributed by atoms with Crippen LogP contribution in [0.1, 0.15) is 102 Å². The average molecular weight is 413 g/mol. The van der Waals surface area contributed by atoms with Crippen LogP contribution < -0.4 is 0 Å². The first-order chi connectivity index (χ1) is 14.7. The molecule has 1 aromatic carbocycles. The number of rotatable bonds is 16. The number of aliphatic hydroxyl groups is 2. The van der Waals surface area contributed by atoms with Crippen LogP contribution in [0.3, 0.4) is 0 Å². The second-order valence-corrected chi connectivity index (χ2v) is 9.20. The topological polar surface area (TPSA) is 40.5 Å². The highest BCUT2D eigenvalue weighted by Gasteiger charge is 2.29. The number of unbranched alkanes of at least 4 members (excludes halogenated alkanes) is 10. The molecule has 0 spiro atoms. The molecule has 0 saturated carbocycles. The summed E-state index contributed by atoms with van der Waals surface area (Å²) in [5, 5.41) is 20.1. The van der Waals surface area contributed by atoms with Gasteiger partial charge in [0.25, 0.3) is 0 Å². The average Bonchev–Trinajstić information content (AvgIpc) is 2.74. The Labute approximate surface area is 185 Å². The van der Waals surface area contributed by atoms with E-state index in [2.05, 4.69) is 42.5 Å². The molecule has 30 heavy (non-hydrogen) atoms. The molecule has 0 fully saturated rings. The van der Waals surface area contributed by atoms with Crippen LogP contribution in [-0.2, 0) is 6.42 Å². The molecular weight excluding hydrogens is 368 g/mol. The molecule has 1 aromatic rings. The van der Waals surface area contributed by atoms with E-state index in [4.69, 9.17) is 0 Å². The first kappa shape index (κ1) is 24.9. The monoisotopic (exact) mass is 412 g/mol. The van der Waals surface area contributed by atoms with Crippen molar-refractivity contribution < 1.29 is 10.2 Å². The SMILES string of the molecule is O[C@@H]1C=CC[C@@](O)(CCCCCCCCCCC/C=C\CCCc2ccccc2)C1. The van der Waals surface area contributed by atoms with Crippen LogP contribution >= 0.6 is 0 Å². The molecule has 0 radical (unpaired) electrons. The maximum atomic E-state index is 10.5. The van der Waals surface area contributed by atoms with Crippen LogP contribution in [0, 0.1) is 0 Å². The molecule has 168 valence electrons. The predicted octanol–water partition coefficient (Wildman–Crippen LogP) is 7.30. The Balaban J connectivity index is 1.31. The van der Waals surface area contributed by atoms with Crippen molar-refractivity contribution >= 4 is 0 Å². The zero-order chi connectivity index (χ0) is 21.3. The summed E-state index contributed by atoms with van der Waals surface area (Å²) in [6.07, 6.45) is 26.6. The summed E-state index contributed by atoms with van der Waals surface area (Å²) in [5.41, 5.74) is 0.787. The quantitative estimate of drug-likeness (QED) is 0.221. The summed E-state index contributed by atoms with van der Waals surface area (Å²) in [4.78, 5) is 0. The molecule has 0 amide bonds. The lowest BCUT2D eigenvalue weighted by atomic mass is 9.83. The molecule has 0 aliphatic heterocycles. The van der Waals surface area contributed by atoms with Gasteiger partial charge in [0.15, 0.2) is 0 Å². The van der Waals surface area contributed by atoms with Crippen molar-refractivity contribution in [2.75, 3.05) is 0 Å². The molecule has 0 saturated heterocycles. The molecule has 0 aromatic heterocycles. The molecule has 2 heteroatoms. The summed E-state index contributed by atoms with van der Waals surface area (Å²) < 4.78 is 0. The molecule has 2 rings (SSSR count). The zero-order valence-electron chi connectivity index (χ0n) is 19.0. The first-order valence-corrected chi connectivity index (χ1v) is 12.4. The van der Waals surface area contributed by atoms with Crippen molar-refractivity contribution in [3.05, 3.63) is 60.2 Å². The highest BCUT2D eigenvalue weighted by atomic mass is 16.3. The maximum absolute atomic E-state index is 10.5. The van der Waals surface area contributed by atoms with Crippen molar-refractivity contribution in [1.82, 2.24) is 0 Å². The van der Waals surface area contributed by atoms with Gasteiger partial charge in [-0.15, -0.1) is 0 Å². The van der Waals surface area contributed by atoms with Crippen LogP contribution in [0.15, 0.2) is 54.6 Å². The van der Waals surface area contributed by atoms with Crippen LogP contribution in [0.25, 0.3) is 0 Å². The van der Waals surface area contributed by atoms with Gasteiger partial charge in [-0.25, -0.2) is 0 Å². The lowest BCUT2D eigenvalue weighted by Gasteiger charge is -2.31. The number of hydrogen-bond donors (Lipinski definition) is 2. The van der Waals surface area contributed by atoms with Gasteiger partial charge in [-0.1, -0.05) is 106 Å². The Kier molecular flexibility index (Phi) is 12.8. The van der Waals surface area contributed by atoms with E-state index in [1.54, 1.807) is 6.08 Å². The summed E-state index contributed by atoms with van der Waals surface area (Å²) >= 11 is 0. The van der Waals surface area contributed by atoms with E-state index in [1.165, 1.54) is 82.6 Å². The van der Waals surface area contributed by atoms with Gasteiger partial charge in [0.2, 0.25) is 0 Å². The lowest BCUT2D eigenvalue weighted by Crippen LogP contribution is -2.34. The van der Waals surface area contributed by atoms with E-state index in [0.29, 0.717) is 12.8 Å². The van der Waals surface area contributed by atoms with Crippen LogP contribution in [0.4, 0.5) is 0 Å². The van der Waals surface area contributed by atoms with E-state index < -0.39 is 11.7 Å². The van der Waals surface area contributed by atoms with Crippen molar-refractivity contribution in [2.24, 2.45) is 0 Å². The van der Waals surface area contributed by atoms with Gasteiger partial charge in [-0.3, -0.25) is 0 Å². The fourth-order valence-corrected chi connectivity index (χ4v) is 4.45. The molecule has 0 heterocycles. The minimum atomic E-state index is -0.662. The predicted molar refractivity (Wildman–Crippen MR) is 129 cm³/mol. The third kappa shape index (κ3) is 11.7. The van der Waals surface area contributed by atoms with E-state index in [-0.39, 0.29) is 0 Å². The Hall–Kier alpha value is -1.38. The van der Waals surface area contributed by atoms with Crippen molar-refractivity contribution in [1.29, 1.82) is 0 Å². The molecule has 2 N–H and O–H groups in total. The van der Waals surface area contributed by atoms with Gasteiger partial charge < -0.3 is 10.2 Å². The van der Waals surface area contributed by atoms with Crippen molar-refractivity contribution in [2.45, 2.75) is 114 Å². The van der Waals surface area contributed by atoms with Gasteiger partial charge >= 0.3 is 0 Å². The third-order valence-corrected chi connectivity index (χ3v) is 6.30. The summed E-state index contributed by atoms with van der Waals surface area (Å²) in [6, 6.07) is 10.8. The van der Waals surface area contributed by atoms with Crippen molar-refractivity contribution in [3.63, 3.8) is 0 Å². The molecule has 1 aliphatic carbocycles. The molecule has 2 atom stereocenters. The van der Waals surface area contributed by atoms with Gasteiger partial charge in [0.1, 0.15) is 0 Å². The Morgan fingerprint density at radius 1 is 0.800 bits per heavy atom. The molecule has 1 aliphatic rings. The Bertz CT molecular complexity index is 592. The Morgan fingerprint density at radius 3 is 2.07 bits per heavy atom. The van der Waals surface area contributed by atoms with Crippen LogP contribution in [0.5, 0.6) is 0 Å². The molecule has 0 unspecified atom stereocenters. The van der Waals surface area contributed by atoms with Gasteiger partial charge in [-0.05, 0) is 50.5 Å². The van der Waals surface area contributed by atoms with Gasteiger partial charge in [0.05, 0.1) is 11.7 Å². The zero-order valence-corrected chi connectivity index (χ0v) is 19.0. The largest absolute Gasteiger partial charge is 0.389 e.